The van der Waals surface area contributed by atoms with E-state index in [4.69, 9.17) is 49.1 Å². The Morgan fingerprint density at radius 2 is 1.18 bits per heavy atom. The van der Waals surface area contributed by atoms with Gasteiger partial charge in [0.25, 0.3) is 14.8 Å². The van der Waals surface area contributed by atoms with Gasteiger partial charge in [-0.15, -0.1) is 44.3 Å². The average Bonchev–Trinajstić information content (AvgIpc) is 2.15. The van der Waals surface area contributed by atoms with Crippen LogP contribution < -0.4 is 0 Å². The van der Waals surface area contributed by atoms with Crippen molar-refractivity contribution in [3.05, 3.63) is 0 Å². The summed E-state index contributed by atoms with van der Waals surface area (Å²) in [6, 6.07) is 1.86. The van der Waals surface area contributed by atoms with E-state index < -0.39 is 14.8 Å². The maximum absolute atomic E-state index is 5.86. The fraction of sp³-hybridized carbons (Fsp3) is 1.00. The van der Waals surface area contributed by atoms with Gasteiger partial charge in [0.05, 0.1) is 12.2 Å². The van der Waals surface area contributed by atoms with Gasteiger partial charge >= 0.3 is 0 Å². The number of hydrogen-bond donors (Lipinski definition) is 0. The van der Waals surface area contributed by atoms with Gasteiger partial charge in [0.2, 0.25) is 0 Å². The van der Waals surface area contributed by atoms with E-state index in [1.807, 2.05) is 0 Å². The Kier molecular flexibility index (Phi) is 12.4. The van der Waals surface area contributed by atoms with E-state index in [0.717, 1.165) is 37.8 Å². The third-order valence-corrected chi connectivity index (χ3v) is 6.15. The Labute approximate surface area is 127 Å². The standard InChI is InChI=1S/C10H20Cl4OSi2/c1-9(5-3-7-16(11)12)15-10(2)6-4-8-17(13)14/h9-10H,3-8H2,1-2H3. The van der Waals surface area contributed by atoms with Crippen LogP contribution in [0.3, 0.4) is 0 Å². The van der Waals surface area contributed by atoms with Crippen molar-refractivity contribution in [3.8, 4) is 0 Å². The van der Waals surface area contributed by atoms with Crippen LogP contribution >= 0.6 is 44.3 Å². The van der Waals surface area contributed by atoms with Crippen molar-refractivity contribution in [3.63, 3.8) is 0 Å². The van der Waals surface area contributed by atoms with Crippen molar-refractivity contribution in [2.75, 3.05) is 0 Å². The van der Waals surface area contributed by atoms with Crippen LogP contribution in [0, 0.1) is 0 Å². The van der Waals surface area contributed by atoms with Crippen LogP contribution in [0.4, 0.5) is 0 Å². The molecule has 2 atom stereocenters. The lowest BCUT2D eigenvalue weighted by molar-refractivity contribution is -0.000485. The molecule has 0 rings (SSSR count). The molecule has 102 valence electrons. The van der Waals surface area contributed by atoms with Crippen LogP contribution in [0.5, 0.6) is 0 Å². The van der Waals surface area contributed by atoms with Gasteiger partial charge in [-0.2, -0.15) is 0 Å². The molecule has 2 unspecified atom stereocenters. The summed E-state index contributed by atoms with van der Waals surface area (Å²) in [5.74, 6) is 0. The molecular formula is C10H20Cl4OSi2. The average molecular weight is 354 g/mol. The summed E-state index contributed by atoms with van der Waals surface area (Å²) in [7, 11) is -2.24. The van der Waals surface area contributed by atoms with Gasteiger partial charge in [0.15, 0.2) is 0 Å². The normalized spacial score (nSPS) is 15.5. The molecule has 0 aromatic carbocycles. The van der Waals surface area contributed by atoms with Crippen molar-refractivity contribution in [1.82, 2.24) is 0 Å². The first-order valence-electron chi connectivity index (χ1n) is 5.91. The molecule has 17 heavy (non-hydrogen) atoms. The van der Waals surface area contributed by atoms with E-state index in [-0.39, 0.29) is 12.2 Å². The Hall–Kier alpha value is 1.55. The molecule has 0 bridgehead atoms. The zero-order valence-corrected chi connectivity index (χ0v) is 15.3. The smallest absolute Gasteiger partial charge is 0.273 e. The molecule has 0 aliphatic heterocycles. The van der Waals surface area contributed by atoms with Crippen molar-refractivity contribution < 1.29 is 4.74 Å². The number of hydrogen-bond acceptors (Lipinski definition) is 1. The highest BCUT2D eigenvalue weighted by Crippen LogP contribution is 2.16. The first kappa shape index (κ1) is 18.6. The predicted octanol–water partition coefficient (Wildman–Crippen LogP) is 5.27. The molecule has 0 amide bonds. The quantitative estimate of drug-likeness (QED) is 0.384. The molecule has 0 heterocycles. The largest absolute Gasteiger partial charge is 0.376 e. The maximum atomic E-state index is 5.86. The first-order valence-corrected chi connectivity index (χ1v) is 13.4. The van der Waals surface area contributed by atoms with Gasteiger partial charge in [0, 0.05) is 0 Å². The summed E-state index contributed by atoms with van der Waals surface area (Å²) in [6.45, 7) is 4.20. The predicted molar refractivity (Wildman–Crippen MR) is 83.0 cm³/mol. The Balaban J connectivity index is 3.48. The fourth-order valence-electron chi connectivity index (χ4n) is 1.58. The minimum atomic E-state index is -1.12. The van der Waals surface area contributed by atoms with Crippen LogP contribution in [0.1, 0.15) is 39.5 Å². The zero-order chi connectivity index (χ0) is 13.3. The Morgan fingerprint density at radius 3 is 1.47 bits per heavy atom. The lowest BCUT2D eigenvalue weighted by atomic mass is 10.2. The molecule has 7 heteroatoms. The number of rotatable bonds is 10. The molecule has 0 aliphatic rings. The van der Waals surface area contributed by atoms with E-state index >= 15 is 0 Å². The molecule has 0 saturated carbocycles. The highest BCUT2D eigenvalue weighted by molar-refractivity contribution is 7.34. The first-order chi connectivity index (χ1) is 7.91. The van der Waals surface area contributed by atoms with Crippen molar-refractivity contribution in [1.29, 1.82) is 0 Å². The van der Waals surface area contributed by atoms with Gasteiger partial charge in [-0.1, -0.05) is 12.8 Å². The third kappa shape index (κ3) is 13.8. The van der Waals surface area contributed by atoms with E-state index in [9.17, 15) is 0 Å². The SMILES string of the molecule is CC(CCC[Si](Cl)Cl)OC(C)CCC[Si](Cl)Cl. The highest BCUT2D eigenvalue weighted by Gasteiger charge is 2.11. The van der Waals surface area contributed by atoms with E-state index in [1.165, 1.54) is 0 Å². The second kappa shape index (κ2) is 11.4. The van der Waals surface area contributed by atoms with Crippen LogP contribution in [0.25, 0.3) is 0 Å². The minimum Gasteiger partial charge on any atom is -0.376 e. The van der Waals surface area contributed by atoms with Gasteiger partial charge in [-0.25, -0.2) is 0 Å². The minimum absolute atomic E-state index is 0.275. The van der Waals surface area contributed by atoms with Crippen molar-refractivity contribution in [2.45, 2.75) is 63.8 Å². The number of halogens is 4. The molecule has 0 aromatic heterocycles. The van der Waals surface area contributed by atoms with Gasteiger partial charge in [0.1, 0.15) is 0 Å². The summed E-state index contributed by atoms with van der Waals surface area (Å²) in [5, 5.41) is 0. The molecule has 0 aliphatic carbocycles. The summed E-state index contributed by atoms with van der Waals surface area (Å²) in [4.78, 5) is 0. The lowest BCUT2D eigenvalue weighted by Crippen LogP contribution is -2.17. The van der Waals surface area contributed by atoms with Gasteiger partial charge in [-0.3, -0.25) is 0 Å². The second-order valence-electron chi connectivity index (χ2n) is 4.22. The van der Waals surface area contributed by atoms with Crippen molar-refractivity contribution in [2.24, 2.45) is 0 Å². The monoisotopic (exact) mass is 352 g/mol. The van der Waals surface area contributed by atoms with Crippen LogP contribution in [-0.2, 0) is 4.74 Å². The second-order valence-corrected chi connectivity index (χ2v) is 13.2. The maximum Gasteiger partial charge on any atom is 0.273 e. The molecular weight excluding hydrogens is 334 g/mol. The molecule has 0 N–H and O–H groups in total. The Bertz CT molecular complexity index is 166. The van der Waals surface area contributed by atoms with Gasteiger partial charge in [-0.05, 0) is 38.8 Å². The lowest BCUT2D eigenvalue weighted by Gasteiger charge is -2.19. The highest BCUT2D eigenvalue weighted by atomic mass is 35.7. The molecule has 0 saturated heterocycles. The van der Waals surface area contributed by atoms with E-state index in [0.29, 0.717) is 0 Å². The zero-order valence-electron chi connectivity index (χ0n) is 10.3. The van der Waals surface area contributed by atoms with E-state index in [1.54, 1.807) is 0 Å². The third-order valence-electron chi connectivity index (χ3n) is 2.42. The van der Waals surface area contributed by atoms with Crippen LogP contribution in [0.2, 0.25) is 12.1 Å². The van der Waals surface area contributed by atoms with Gasteiger partial charge < -0.3 is 4.74 Å². The fourth-order valence-corrected chi connectivity index (χ4v) is 4.13. The summed E-state index contributed by atoms with van der Waals surface area (Å²) < 4.78 is 5.86. The molecule has 0 spiro atoms. The number of ether oxygens (including phenoxy) is 1. The molecule has 0 aromatic rings. The van der Waals surface area contributed by atoms with Crippen LogP contribution in [0.15, 0.2) is 0 Å². The Morgan fingerprint density at radius 1 is 0.824 bits per heavy atom. The molecule has 1 nitrogen and oxygen atoms in total. The summed E-state index contributed by atoms with van der Waals surface area (Å²) in [6.07, 6.45) is 4.70. The topological polar surface area (TPSA) is 9.23 Å². The summed E-state index contributed by atoms with van der Waals surface area (Å²) in [5.41, 5.74) is 0. The van der Waals surface area contributed by atoms with E-state index in [2.05, 4.69) is 13.8 Å². The van der Waals surface area contributed by atoms with Crippen LogP contribution in [-0.4, -0.2) is 27.0 Å². The molecule has 2 radical (unpaired) electrons. The molecule has 0 fully saturated rings. The summed E-state index contributed by atoms with van der Waals surface area (Å²) >= 11 is 23.1. The van der Waals surface area contributed by atoms with Crippen molar-refractivity contribution >= 4 is 59.1 Å².